The number of hydrogen-bond acceptors (Lipinski definition) is 7. The van der Waals surface area contributed by atoms with Crippen LogP contribution in [-0.2, 0) is 20.9 Å². The average molecular weight is 385 g/mol. The Bertz CT molecular complexity index is 952. The molecule has 9 heteroatoms. The summed E-state index contributed by atoms with van der Waals surface area (Å²) in [6.07, 6.45) is -0.946. The minimum absolute atomic E-state index is 0.223. The summed E-state index contributed by atoms with van der Waals surface area (Å²) in [6.45, 7) is 5.17. The van der Waals surface area contributed by atoms with E-state index in [9.17, 15) is 9.59 Å². The second kappa shape index (κ2) is 8.09. The third-order valence-corrected chi connectivity index (χ3v) is 4.65. The number of ether oxygens (including phenoxy) is 1. The Balaban J connectivity index is 1.54. The molecule has 8 nitrogen and oxygen atoms in total. The zero-order valence-corrected chi connectivity index (χ0v) is 16.0. The lowest BCUT2D eigenvalue weighted by molar-refractivity contribution is -0.154. The summed E-state index contributed by atoms with van der Waals surface area (Å²) in [5.74, 6) is -0.576. The van der Waals surface area contributed by atoms with Crippen LogP contribution in [0.15, 0.2) is 35.7 Å². The first-order valence-electron chi connectivity index (χ1n) is 8.31. The van der Waals surface area contributed by atoms with Crippen molar-refractivity contribution in [3.05, 3.63) is 46.8 Å². The monoisotopic (exact) mass is 385 g/mol. The minimum Gasteiger partial charge on any atom is -0.451 e. The number of aromatic nitrogens is 4. The van der Waals surface area contributed by atoms with E-state index in [2.05, 4.69) is 20.7 Å². The van der Waals surface area contributed by atoms with Crippen LogP contribution < -0.4 is 5.32 Å². The first kappa shape index (κ1) is 18.7. The van der Waals surface area contributed by atoms with E-state index in [1.807, 2.05) is 49.6 Å². The molecule has 1 amide bonds. The van der Waals surface area contributed by atoms with Crippen LogP contribution in [0.25, 0.3) is 10.7 Å². The molecule has 0 unspecified atom stereocenters. The first-order chi connectivity index (χ1) is 12.9. The number of anilines is 1. The highest BCUT2D eigenvalue weighted by Gasteiger charge is 2.20. The number of carbonyl (C=O) groups is 2. The van der Waals surface area contributed by atoms with Crippen LogP contribution in [0.4, 0.5) is 5.69 Å². The molecule has 0 spiro atoms. The van der Waals surface area contributed by atoms with E-state index >= 15 is 0 Å². The van der Waals surface area contributed by atoms with Gasteiger partial charge in [-0.2, -0.15) is 4.80 Å². The average Bonchev–Trinajstić information content (AvgIpc) is 3.28. The van der Waals surface area contributed by atoms with Gasteiger partial charge in [-0.15, -0.1) is 21.5 Å². The molecule has 0 aliphatic heterocycles. The lowest BCUT2D eigenvalue weighted by atomic mass is 10.1. The van der Waals surface area contributed by atoms with Gasteiger partial charge in [-0.25, -0.2) is 4.79 Å². The smallest absolute Gasteiger partial charge is 0.330 e. The molecule has 0 saturated heterocycles. The Labute approximate surface area is 160 Å². The molecule has 0 saturated carbocycles. The molecule has 0 bridgehead atoms. The SMILES string of the molecule is Cc1ccc(NC(=O)[C@H](C)OC(=O)Cn2nnc(-c3cccs3)n2)c(C)c1. The van der Waals surface area contributed by atoms with Crippen LogP contribution in [0.3, 0.4) is 0 Å². The molecule has 0 radical (unpaired) electrons. The molecule has 1 N–H and O–H groups in total. The Hall–Kier alpha value is -3.07. The summed E-state index contributed by atoms with van der Waals surface area (Å²) in [7, 11) is 0. The van der Waals surface area contributed by atoms with Gasteiger partial charge in [0.15, 0.2) is 12.6 Å². The molecule has 2 heterocycles. The van der Waals surface area contributed by atoms with E-state index in [4.69, 9.17) is 4.74 Å². The maximum absolute atomic E-state index is 12.3. The van der Waals surface area contributed by atoms with Crippen molar-refractivity contribution < 1.29 is 14.3 Å². The quantitative estimate of drug-likeness (QED) is 0.655. The molecular weight excluding hydrogens is 366 g/mol. The van der Waals surface area contributed by atoms with Gasteiger partial charge in [0, 0.05) is 5.69 Å². The summed E-state index contributed by atoms with van der Waals surface area (Å²) in [5, 5.41) is 16.5. The fraction of sp³-hybridized carbons (Fsp3) is 0.278. The fourth-order valence-electron chi connectivity index (χ4n) is 2.41. The van der Waals surface area contributed by atoms with Crippen LogP contribution in [0.2, 0.25) is 0 Å². The predicted molar refractivity (Wildman–Crippen MR) is 101 cm³/mol. The standard InChI is InChI=1S/C18H19N5O3S/c1-11-6-7-14(12(2)9-11)19-18(25)13(3)26-16(24)10-23-21-17(20-22-23)15-5-4-8-27-15/h4-9,13H,10H2,1-3H3,(H,19,25)/t13-/m0/s1. The lowest BCUT2D eigenvalue weighted by Crippen LogP contribution is -2.31. The van der Waals surface area contributed by atoms with E-state index in [1.165, 1.54) is 18.3 Å². The highest BCUT2D eigenvalue weighted by atomic mass is 32.1. The number of thiophene rings is 1. The Kier molecular flexibility index (Phi) is 5.60. The number of hydrogen-bond donors (Lipinski definition) is 1. The van der Waals surface area contributed by atoms with Crippen LogP contribution >= 0.6 is 11.3 Å². The van der Waals surface area contributed by atoms with Crippen molar-refractivity contribution in [2.75, 3.05) is 5.32 Å². The van der Waals surface area contributed by atoms with Crippen LogP contribution in [0.1, 0.15) is 18.1 Å². The highest BCUT2D eigenvalue weighted by Crippen LogP contribution is 2.19. The highest BCUT2D eigenvalue weighted by molar-refractivity contribution is 7.13. The number of aryl methyl sites for hydroxylation is 2. The molecule has 27 heavy (non-hydrogen) atoms. The van der Waals surface area contributed by atoms with Gasteiger partial charge in [-0.3, -0.25) is 4.79 Å². The van der Waals surface area contributed by atoms with Gasteiger partial charge in [0.1, 0.15) is 0 Å². The zero-order chi connectivity index (χ0) is 19.4. The maximum atomic E-state index is 12.3. The Morgan fingerprint density at radius 2 is 2.11 bits per heavy atom. The fourth-order valence-corrected chi connectivity index (χ4v) is 3.05. The molecule has 0 fully saturated rings. The van der Waals surface area contributed by atoms with Crippen molar-refractivity contribution in [2.45, 2.75) is 33.4 Å². The van der Waals surface area contributed by atoms with Crippen molar-refractivity contribution in [3.8, 4) is 10.7 Å². The lowest BCUT2D eigenvalue weighted by Gasteiger charge is -2.14. The van der Waals surface area contributed by atoms with Crippen molar-refractivity contribution in [2.24, 2.45) is 0 Å². The van der Waals surface area contributed by atoms with Gasteiger partial charge >= 0.3 is 5.97 Å². The van der Waals surface area contributed by atoms with Gasteiger partial charge in [0.25, 0.3) is 5.91 Å². The van der Waals surface area contributed by atoms with Crippen LogP contribution in [0, 0.1) is 13.8 Å². The molecule has 1 aromatic carbocycles. The molecule has 140 valence electrons. The van der Waals surface area contributed by atoms with Gasteiger partial charge < -0.3 is 10.1 Å². The molecule has 1 atom stereocenters. The van der Waals surface area contributed by atoms with Gasteiger partial charge in [0.05, 0.1) is 4.88 Å². The first-order valence-corrected chi connectivity index (χ1v) is 9.19. The van der Waals surface area contributed by atoms with Crippen molar-refractivity contribution in [1.29, 1.82) is 0 Å². The second-order valence-corrected chi connectivity index (χ2v) is 7.01. The number of esters is 1. The van der Waals surface area contributed by atoms with Gasteiger partial charge in [0.2, 0.25) is 5.82 Å². The Morgan fingerprint density at radius 3 is 2.81 bits per heavy atom. The van der Waals surface area contributed by atoms with Gasteiger partial charge in [-0.05, 0) is 49.1 Å². The van der Waals surface area contributed by atoms with E-state index in [0.29, 0.717) is 11.5 Å². The zero-order valence-electron chi connectivity index (χ0n) is 15.2. The number of rotatable bonds is 6. The number of tetrazole rings is 1. The summed E-state index contributed by atoms with van der Waals surface area (Å²) >= 11 is 1.48. The van der Waals surface area contributed by atoms with Crippen molar-refractivity contribution in [3.63, 3.8) is 0 Å². The van der Waals surface area contributed by atoms with E-state index in [0.717, 1.165) is 20.8 Å². The predicted octanol–water partition coefficient (Wildman–Crippen LogP) is 2.59. The number of amides is 1. The molecule has 3 rings (SSSR count). The van der Waals surface area contributed by atoms with E-state index in [-0.39, 0.29) is 6.54 Å². The van der Waals surface area contributed by atoms with E-state index in [1.54, 1.807) is 0 Å². The van der Waals surface area contributed by atoms with Crippen LogP contribution in [0.5, 0.6) is 0 Å². The molecule has 3 aromatic rings. The molecule has 2 aromatic heterocycles. The third-order valence-electron chi connectivity index (χ3n) is 3.78. The number of nitrogens with zero attached hydrogens (tertiary/aromatic N) is 4. The topological polar surface area (TPSA) is 99.0 Å². The minimum atomic E-state index is -0.946. The van der Waals surface area contributed by atoms with E-state index < -0.39 is 18.0 Å². The Morgan fingerprint density at radius 1 is 1.30 bits per heavy atom. The summed E-state index contributed by atoms with van der Waals surface area (Å²) in [6, 6.07) is 9.44. The third kappa shape index (κ3) is 4.76. The molecular formula is C18H19N5O3S. The van der Waals surface area contributed by atoms with Gasteiger partial charge in [-0.1, -0.05) is 23.8 Å². The second-order valence-electron chi connectivity index (χ2n) is 6.06. The number of nitrogens with one attached hydrogen (secondary N) is 1. The summed E-state index contributed by atoms with van der Waals surface area (Å²) in [5.41, 5.74) is 2.73. The van der Waals surface area contributed by atoms with Crippen LogP contribution in [-0.4, -0.2) is 38.2 Å². The maximum Gasteiger partial charge on any atom is 0.330 e. The molecule has 0 aliphatic rings. The summed E-state index contributed by atoms with van der Waals surface area (Å²) in [4.78, 5) is 26.3. The van der Waals surface area contributed by atoms with Crippen molar-refractivity contribution >= 4 is 28.9 Å². The summed E-state index contributed by atoms with van der Waals surface area (Å²) < 4.78 is 5.17. The number of carbonyl (C=O) groups excluding carboxylic acids is 2. The van der Waals surface area contributed by atoms with Crippen molar-refractivity contribution in [1.82, 2.24) is 20.2 Å². The largest absolute Gasteiger partial charge is 0.451 e. The molecule has 0 aliphatic carbocycles. The normalized spacial score (nSPS) is 11.8. The number of benzene rings is 1.